The lowest BCUT2D eigenvalue weighted by Crippen LogP contribution is -2.32. The molecule has 0 aromatic heterocycles. The fourth-order valence-electron chi connectivity index (χ4n) is 2.34. The molecule has 8 heteroatoms. The quantitative estimate of drug-likeness (QED) is 0.216. The molecule has 0 fully saturated rings. The molecule has 3 rings (SSSR count). The molecule has 3 aromatic rings. The van der Waals surface area contributed by atoms with Crippen LogP contribution in [0.15, 0.2) is 84.0 Å². The number of para-hydroxylation sites is 1. The van der Waals surface area contributed by atoms with Crippen molar-refractivity contribution in [3.8, 4) is 5.75 Å². The van der Waals surface area contributed by atoms with Crippen molar-refractivity contribution in [3.63, 3.8) is 0 Å². The van der Waals surface area contributed by atoms with E-state index in [9.17, 15) is 14.4 Å². The molecule has 2 N–H and O–H groups in total. The van der Waals surface area contributed by atoms with Crippen LogP contribution in [-0.4, -0.2) is 24.0 Å². The Bertz CT molecular complexity index is 1080. The van der Waals surface area contributed by atoms with Gasteiger partial charge >= 0.3 is 17.8 Å². The molecular weight excluding hydrogens is 406 g/mol. The third kappa shape index (κ3) is 5.76. The van der Waals surface area contributed by atoms with Gasteiger partial charge in [-0.05, 0) is 54.1 Å². The summed E-state index contributed by atoms with van der Waals surface area (Å²) in [5.41, 5.74) is 3.53. The standard InChI is InChI=1S/C22H16ClN3O4/c23-19-9-5-4-8-18(19)22(29)30-17-12-10-15(11-13-17)14-24-26-21(28)20(27)25-16-6-2-1-3-7-16/h1-14H,(H,25,27)(H,26,28)/b24-14-. The Labute approximate surface area is 177 Å². The average Bonchev–Trinajstić information content (AvgIpc) is 2.76. The molecule has 3 aromatic carbocycles. The average molecular weight is 422 g/mol. The van der Waals surface area contributed by atoms with Crippen LogP contribution in [0.4, 0.5) is 5.69 Å². The van der Waals surface area contributed by atoms with E-state index < -0.39 is 17.8 Å². The molecule has 0 heterocycles. The van der Waals surface area contributed by atoms with E-state index in [4.69, 9.17) is 16.3 Å². The van der Waals surface area contributed by atoms with Crippen LogP contribution in [0.25, 0.3) is 0 Å². The van der Waals surface area contributed by atoms with Gasteiger partial charge in [0.2, 0.25) is 0 Å². The first kappa shape index (κ1) is 20.8. The number of anilines is 1. The SMILES string of the molecule is O=C(N/N=C\c1ccc(OC(=O)c2ccccc2Cl)cc1)C(=O)Nc1ccccc1. The minimum absolute atomic E-state index is 0.265. The molecule has 30 heavy (non-hydrogen) atoms. The summed E-state index contributed by atoms with van der Waals surface area (Å²) in [6.07, 6.45) is 1.35. The number of benzene rings is 3. The summed E-state index contributed by atoms with van der Waals surface area (Å²) in [7, 11) is 0. The molecule has 0 spiro atoms. The fourth-order valence-corrected chi connectivity index (χ4v) is 2.55. The summed E-state index contributed by atoms with van der Waals surface area (Å²) < 4.78 is 5.28. The highest BCUT2D eigenvalue weighted by molar-refractivity contribution is 6.39. The second-order valence-electron chi connectivity index (χ2n) is 5.96. The predicted molar refractivity (Wildman–Crippen MR) is 114 cm³/mol. The Balaban J connectivity index is 1.52. The maximum Gasteiger partial charge on any atom is 0.345 e. The molecule has 0 aliphatic rings. The number of amides is 2. The first-order valence-electron chi connectivity index (χ1n) is 8.79. The number of carbonyl (C=O) groups is 3. The van der Waals surface area contributed by atoms with Crippen LogP contribution in [0.3, 0.4) is 0 Å². The lowest BCUT2D eigenvalue weighted by molar-refractivity contribution is -0.136. The smallest absolute Gasteiger partial charge is 0.345 e. The topological polar surface area (TPSA) is 96.9 Å². The largest absolute Gasteiger partial charge is 0.423 e. The van der Waals surface area contributed by atoms with E-state index in [1.54, 1.807) is 78.9 Å². The van der Waals surface area contributed by atoms with E-state index >= 15 is 0 Å². The van der Waals surface area contributed by atoms with Crippen LogP contribution in [-0.2, 0) is 9.59 Å². The number of rotatable bonds is 5. The van der Waals surface area contributed by atoms with Crippen molar-refractivity contribution in [1.29, 1.82) is 0 Å². The van der Waals surface area contributed by atoms with Gasteiger partial charge in [0.1, 0.15) is 5.75 Å². The number of hydrogen-bond donors (Lipinski definition) is 2. The molecule has 0 saturated heterocycles. The fraction of sp³-hybridized carbons (Fsp3) is 0. The third-order valence-electron chi connectivity index (χ3n) is 3.80. The van der Waals surface area contributed by atoms with Gasteiger partial charge in [0, 0.05) is 5.69 Å². The van der Waals surface area contributed by atoms with Crippen LogP contribution >= 0.6 is 11.6 Å². The van der Waals surface area contributed by atoms with Gasteiger partial charge in [-0.25, -0.2) is 10.2 Å². The number of nitrogens with zero attached hydrogens (tertiary/aromatic N) is 1. The van der Waals surface area contributed by atoms with Crippen molar-refractivity contribution in [2.45, 2.75) is 0 Å². The first-order chi connectivity index (χ1) is 14.5. The summed E-state index contributed by atoms with van der Waals surface area (Å²) >= 11 is 5.98. The lowest BCUT2D eigenvalue weighted by Gasteiger charge is -2.06. The van der Waals surface area contributed by atoms with Crippen LogP contribution in [0.5, 0.6) is 5.75 Å². The molecule has 7 nitrogen and oxygen atoms in total. The van der Waals surface area contributed by atoms with Gasteiger partial charge in [-0.2, -0.15) is 5.10 Å². The van der Waals surface area contributed by atoms with Gasteiger partial charge in [0.15, 0.2) is 0 Å². The zero-order chi connectivity index (χ0) is 21.3. The minimum Gasteiger partial charge on any atom is -0.423 e. The van der Waals surface area contributed by atoms with Crippen molar-refractivity contribution >= 4 is 41.3 Å². The van der Waals surface area contributed by atoms with Gasteiger partial charge in [-0.15, -0.1) is 0 Å². The zero-order valence-electron chi connectivity index (χ0n) is 15.5. The summed E-state index contributed by atoms with van der Waals surface area (Å²) in [5.74, 6) is -1.98. The van der Waals surface area contributed by atoms with Crippen molar-refractivity contribution < 1.29 is 19.1 Å². The number of hydrazone groups is 1. The molecular formula is C22H16ClN3O4. The monoisotopic (exact) mass is 421 g/mol. The number of nitrogens with one attached hydrogen (secondary N) is 2. The normalized spacial score (nSPS) is 10.4. The number of esters is 1. The molecule has 0 radical (unpaired) electrons. The van der Waals surface area contributed by atoms with Crippen LogP contribution in [0.1, 0.15) is 15.9 Å². The maximum absolute atomic E-state index is 12.1. The van der Waals surface area contributed by atoms with Crippen LogP contribution in [0, 0.1) is 0 Å². The number of ether oxygens (including phenoxy) is 1. The van der Waals surface area contributed by atoms with E-state index in [0.717, 1.165) is 0 Å². The molecule has 0 unspecified atom stereocenters. The van der Waals surface area contributed by atoms with Crippen molar-refractivity contribution in [2.24, 2.45) is 5.10 Å². The van der Waals surface area contributed by atoms with Crippen molar-refractivity contribution in [1.82, 2.24) is 5.43 Å². The highest BCUT2D eigenvalue weighted by Gasteiger charge is 2.13. The summed E-state index contributed by atoms with van der Waals surface area (Å²) in [6, 6.07) is 21.6. The number of hydrogen-bond acceptors (Lipinski definition) is 5. The van der Waals surface area contributed by atoms with Gasteiger partial charge in [0.05, 0.1) is 16.8 Å². The van der Waals surface area contributed by atoms with E-state index in [-0.39, 0.29) is 5.56 Å². The van der Waals surface area contributed by atoms with Gasteiger partial charge in [0.25, 0.3) is 0 Å². The minimum atomic E-state index is -0.902. The van der Waals surface area contributed by atoms with Crippen molar-refractivity contribution in [2.75, 3.05) is 5.32 Å². The molecule has 150 valence electrons. The molecule has 0 aliphatic heterocycles. The van der Waals surface area contributed by atoms with E-state index in [0.29, 0.717) is 22.0 Å². The molecule has 0 saturated carbocycles. The maximum atomic E-state index is 12.1. The second kappa shape index (κ2) is 9.99. The Hall–Kier alpha value is -3.97. The van der Waals surface area contributed by atoms with Crippen LogP contribution < -0.4 is 15.5 Å². The van der Waals surface area contributed by atoms with E-state index in [2.05, 4.69) is 15.8 Å². The summed E-state index contributed by atoms with van der Waals surface area (Å²) in [4.78, 5) is 35.7. The van der Waals surface area contributed by atoms with Gasteiger partial charge in [-0.1, -0.05) is 41.9 Å². The first-order valence-corrected chi connectivity index (χ1v) is 9.17. The van der Waals surface area contributed by atoms with Gasteiger partial charge < -0.3 is 10.1 Å². The van der Waals surface area contributed by atoms with Gasteiger partial charge in [-0.3, -0.25) is 9.59 Å². The number of carbonyl (C=O) groups excluding carboxylic acids is 3. The predicted octanol–water partition coefficient (Wildman–Crippen LogP) is 3.65. The highest BCUT2D eigenvalue weighted by atomic mass is 35.5. The zero-order valence-corrected chi connectivity index (χ0v) is 16.3. The van der Waals surface area contributed by atoms with Crippen LogP contribution in [0.2, 0.25) is 5.02 Å². The lowest BCUT2D eigenvalue weighted by atomic mass is 10.2. The Morgan fingerprint density at radius 1 is 0.833 bits per heavy atom. The Kier molecular flexibility index (Phi) is 6.91. The van der Waals surface area contributed by atoms with E-state index in [1.807, 2.05) is 0 Å². The Morgan fingerprint density at radius 3 is 2.20 bits per heavy atom. The van der Waals surface area contributed by atoms with Crippen molar-refractivity contribution in [3.05, 3.63) is 95.0 Å². The molecule has 0 atom stereocenters. The summed E-state index contributed by atoms with van der Waals surface area (Å²) in [5, 5.41) is 6.50. The Morgan fingerprint density at radius 2 is 1.50 bits per heavy atom. The summed E-state index contributed by atoms with van der Waals surface area (Å²) in [6.45, 7) is 0. The van der Waals surface area contributed by atoms with E-state index in [1.165, 1.54) is 6.21 Å². The molecule has 0 bridgehead atoms. The third-order valence-corrected chi connectivity index (χ3v) is 4.13. The second-order valence-corrected chi connectivity index (χ2v) is 6.36. The number of halogens is 1. The molecule has 0 aliphatic carbocycles. The highest BCUT2D eigenvalue weighted by Crippen LogP contribution is 2.18. The molecule has 2 amide bonds.